The molecule has 3 heterocycles. The summed E-state index contributed by atoms with van der Waals surface area (Å²) in [5.74, 6) is 0.432. The fourth-order valence-electron chi connectivity index (χ4n) is 4.30. The number of H-pyrrole nitrogens is 1. The Morgan fingerprint density at radius 1 is 1.19 bits per heavy atom. The van der Waals surface area contributed by atoms with Crippen molar-refractivity contribution in [2.45, 2.75) is 37.3 Å². The van der Waals surface area contributed by atoms with Crippen LogP contribution in [0.3, 0.4) is 0 Å². The number of hydrogen-bond acceptors (Lipinski definition) is 4. The summed E-state index contributed by atoms with van der Waals surface area (Å²) in [6.07, 6.45) is 4.35. The van der Waals surface area contributed by atoms with Crippen molar-refractivity contribution in [2.24, 2.45) is 0 Å². The Balaban J connectivity index is 1.38. The van der Waals surface area contributed by atoms with E-state index in [0.29, 0.717) is 12.3 Å². The van der Waals surface area contributed by atoms with Crippen LogP contribution in [0.4, 0.5) is 0 Å². The van der Waals surface area contributed by atoms with Gasteiger partial charge in [-0.15, -0.1) is 0 Å². The fourth-order valence-corrected chi connectivity index (χ4v) is 4.30. The van der Waals surface area contributed by atoms with Crippen molar-refractivity contribution >= 4 is 5.91 Å². The van der Waals surface area contributed by atoms with Gasteiger partial charge in [-0.3, -0.25) is 14.5 Å². The smallest absolute Gasteiger partial charge is 0.228 e. The van der Waals surface area contributed by atoms with Gasteiger partial charge in [-0.2, -0.15) is 0 Å². The second-order valence-electron chi connectivity index (χ2n) is 7.60. The number of likely N-dealkylation sites (tertiary alicyclic amines) is 1. The number of piperidine rings is 1. The van der Waals surface area contributed by atoms with Crippen LogP contribution in [0.5, 0.6) is 5.75 Å². The number of ether oxygens (including phenoxy) is 1. The molecule has 1 aromatic carbocycles. The number of amides is 1. The van der Waals surface area contributed by atoms with Crippen LogP contribution in [0, 0.1) is 0 Å². The van der Waals surface area contributed by atoms with Crippen LogP contribution in [0.2, 0.25) is 0 Å². The Kier molecular flexibility index (Phi) is 4.74. The number of aromatic amines is 1. The number of methoxy groups -OCH3 is 1. The third-order valence-corrected chi connectivity index (χ3v) is 5.87. The van der Waals surface area contributed by atoms with Gasteiger partial charge in [-0.25, -0.2) is 0 Å². The molecule has 2 N–H and O–H groups in total. The van der Waals surface area contributed by atoms with E-state index in [-0.39, 0.29) is 22.8 Å². The second kappa shape index (κ2) is 7.19. The molecule has 6 nitrogen and oxygen atoms in total. The Bertz CT molecular complexity index is 870. The highest BCUT2D eigenvalue weighted by Gasteiger charge is 2.46. The minimum atomic E-state index is -0.103. The Labute approximate surface area is 158 Å². The lowest BCUT2D eigenvalue weighted by Gasteiger charge is -2.39. The number of pyridine rings is 1. The largest absolute Gasteiger partial charge is 0.491 e. The first-order chi connectivity index (χ1) is 13.1. The van der Waals surface area contributed by atoms with Crippen molar-refractivity contribution in [1.29, 1.82) is 0 Å². The van der Waals surface area contributed by atoms with Crippen molar-refractivity contribution < 1.29 is 9.53 Å². The molecule has 4 rings (SSSR count). The quantitative estimate of drug-likeness (QED) is 0.867. The number of nitrogens with one attached hydrogen (secondary N) is 2. The number of carbonyl (C=O) groups is 1. The molecule has 1 atom stereocenters. The molecule has 0 unspecified atom stereocenters. The van der Waals surface area contributed by atoms with Gasteiger partial charge in [0, 0.05) is 43.1 Å². The van der Waals surface area contributed by atoms with Gasteiger partial charge in [0.05, 0.1) is 13.0 Å². The molecule has 0 radical (unpaired) electrons. The van der Waals surface area contributed by atoms with E-state index in [4.69, 9.17) is 4.74 Å². The van der Waals surface area contributed by atoms with Crippen molar-refractivity contribution in [3.63, 3.8) is 0 Å². The zero-order chi connectivity index (χ0) is 18.9. The molecule has 142 valence electrons. The van der Waals surface area contributed by atoms with Gasteiger partial charge < -0.3 is 15.0 Å². The van der Waals surface area contributed by atoms with E-state index in [1.807, 2.05) is 30.3 Å². The van der Waals surface area contributed by atoms with Crippen LogP contribution >= 0.6 is 0 Å². The third kappa shape index (κ3) is 3.62. The molecule has 1 aromatic heterocycles. The van der Waals surface area contributed by atoms with Gasteiger partial charge in [0.1, 0.15) is 0 Å². The maximum atomic E-state index is 12.5. The van der Waals surface area contributed by atoms with Crippen molar-refractivity contribution in [3.8, 4) is 5.75 Å². The lowest BCUT2D eigenvalue weighted by atomic mass is 9.82. The molecule has 1 spiro atoms. The van der Waals surface area contributed by atoms with E-state index >= 15 is 0 Å². The molecule has 6 heteroatoms. The molecule has 0 saturated carbocycles. The number of carbonyl (C=O) groups excluding carboxylic acids is 1. The first-order valence-electron chi connectivity index (χ1n) is 9.43. The lowest BCUT2D eigenvalue weighted by Crippen LogP contribution is -2.50. The number of nitrogens with zero attached hydrogens (tertiary/aromatic N) is 1. The summed E-state index contributed by atoms with van der Waals surface area (Å²) in [6.45, 7) is 2.50. The zero-order valence-corrected chi connectivity index (χ0v) is 15.5. The molecule has 0 aliphatic carbocycles. The van der Waals surface area contributed by atoms with Crippen molar-refractivity contribution in [2.75, 3.05) is 20.2 Å². The molecular formula is C21H25N3O3. The molecule has 2 aliphatic heterocycles. The SMILES string of the molecule is COc1c[nH]c(CN2CCC3(CC2)C[C@H](c2ccccc2)C(=O)N3)cc1=O. The summed E-state index contributed by atoms with van der Waals surface area (Å²) >= 11 is 0. The standard InChI is InChI=1S/C21H25N3O3/c1-27-19-13-22-16(11-18(19)25)14-24-9-7-21(8-10-24)12-17(20(26)23-21)15-5-3-2-4-6-15/h2-6,11,13,17H,7-10,12,14H2,1H3,(H,22,25)(H,23,26)/t17-/m1/s1. The fraction of sp³-hybridized carbons (Fsp3) is 0.429. The zero-order valence-electron chi connectivity index (χ0n) is 15.5. The summed E-state index contributed by atoms with van der Waals surface area (Å²) in [5.41, 5.74) is 1.79. The van der Waals surface area contributed by atoms with Gasteiger partial charge in [0.15, 0.2) is 5.75 Å². The first kappa shape index (κ1) is 17.8. The summed E-state index contributed by atoms with van der Waals surface area (Å²) in [5, 5.41) is 3.29. The van der Waals surface area contributed by atoms with Gasteiger partial charge in [0.2, 0.25) is 11.3 Å². The maximum Gasteiger partial charge on any atom is 0.228 e. The van der Waals surface area contributed by atoms with E-state index < -0.39 is 0 Å². The molecule has 0 bridgehead atoms. The first-order valence-corrected chi connectivity index (χ1v) is 9.43. The topological polar surface area (TPSA) is 74.4 Å². The molecule has 1 amide bonds. The number of aromatic nitrogens is 1. The predicted molar refractivity (Wildman–Crippen MR) is 103 cm³/mol. The molecule has 2 saturated heterocycles. The third-order valence-electron chi connectivity index (χ3n) is 5.87. The highest BCUT2D eigenvalue weighted by Crippen LogP contribution is 2.39. The Morgan fingerprint density at radius 3 is 2.59 bits per heavy atom. The summed E-state index contributed by atoms with van der Waals surface area (Å²) in [6, 6.07) is 11.6. The van der Waals surface area contributed by atoms with E-state index in [2.05, 4.69) is 15.2 Å². The monoisotopic (exact) mass is 367 g/mol. The van der Waals surface area contributed by atoms with Crippen LogP contribution in [0.25, 0.3) is 0 Å². The lowest BCUT2D eigenvalue weighted by molar-refractivity contribution is -0.121. The molecule has 2 aliphatic rings. The van der Waals surface area contributed by atoms with E-state index in [0.717, 1.165) is 43.6 Å². The van der Waals surface area contributed by atoms with E-state index in [1.165, 1.54) is 7.11 Å². The molecule has 27 heavy (non-hydrogen) atoms. The van der Waals surface area contributed by atoms with Crippen LogP contribution in [0.1, 0.15) is 36.4 Å². The summed E-state index contributed by atoms with van der Waals surface area (Å²) in [7, 11) is 1.49. The Morgan fingerprint density at radius 2 is 1.93 bits per heavy atom. The average molecular weight is 367 g/mol. The van der Waals surface area contributed by atoms with Gasteiger partial charge in [-0.1, -0.05) is 30.3 Å². The second-order valence-corrected chi connectivity index (χ2v) is 7.60. The maximum absolute atomic E-state index is 12.5. The van der Waals surface area contributed by atoms with Gasteiger partial charge in [-0.05, 0) is 24.8 Å². The average Bonchev–Trinajstić information content (AvgIpc) is 3.01. The van der Waals surface area contributed by atoms with Crippen LogP contribution < -0.4 is 15.5 Å². The van der Waals surface area contributed by atoms with Crippen LogP contribution in [-0.2, 0) is 11.3 Å². The minimum absolute atomic E-state index is 0.0457. The van der Waals surface area contributed by atoms with Crippen LogP contribution in [0.15, 0.2) is 47.4 Å². The minimum Gasteiger partial charge on any atom is -0.491 e. The number of benzene rings is 1. The molecule has 2 fully saturated rings. The predicted octanol–water partition coefficient (Wildman–Crippen LogP) is 2.02. The number of rotatable bonds is 4. The highest BCUT2D eigenvalue weighted by molar-refractivity contribution is 5.87. The van der Waals surface area contributed by atoms with Crippen LogP contribution in [-0.4, -0.2) is 41.5 Å². The summed E-state index contributed by atoms with van der Waals surface area (Å²) < 4.78 is 5.01. The number of hydrogen-bond donors (Lipinski definition) is 2. The van der Waals surface area contributed by atoms with Crippen molar-refractivity contribution in [1.82, 2.24) is 15.2 Å². The van der Waals surface area contributed by atoms with E-state index in [9.17, 15) is 9.59 Å². The Hall–Kier alpha value is -2.60. The summed E-state index contributed by atoms with van der Waals surface area (Å²) in [4.78, 5) is 29.9. The molecular weight excluding hydrogens is 342 g/mol. The molecule has 2 aromatic rings. The highest BCUT2D eigenvalue weighted by atomic mass is 16.5. The normalized spacial score (nSPS) is 22.0. The van der Waals surface area contributed by atoms with Crippen molar-refractivity contribution in [3.05, 3.63) is 64.1 Å². The van der Waals surface area contributed by atoms with Gasteiger partial charge >= 0.3 is 0 Å². The van der Waals surface area contributed by atoms with E-state index in [1.54, 1.807) is 12.3 Å². The van der Waals surface area contributed by atoms with Gasteiger partial charge in [0.25, 0.3) is 0 Å².